The average Bonchev–Trinajstić information content (AvgIpc) is 3.23. The second kappa shape index (κ2) is 4.54. The molecule has 1 spiro atoms. The maximum absolute atomic E-state index is 12.1. The van der Waals surface area contributed by atoms with E-state index in [1.54, 1.807) is 0 Å². The molecule has 8 atom stereocenters. The first-order chi connectivity index (χ1) is 12.4. The van der Waals surface area contributed by atoms with Gasteiger partial charge in [0.2, 0.25) is 0 Å². The van der Waals surface area contributed by atoms with Gasteiger partial charge in [-0.1, -0.05) is 31.6 Å². The maximum Gasteiger partial charge on any atom is 0.306 e. The molecule has 0 N–H and O–H groups in total. The predicted octanol–water partition coefficient (Wildman–Crippen LogP) is 4.23. The highest BCUT2D eigenvalue weighted by atomic mass is 16.6. The van der Waals surface area contributed by atoms with Crippen molar-refractivity contribution >= 4 is 11.8 Å². The lowest BCUT2D eigenvalue weighted by atomic mass is 9.49. The predicted molar refractivity (Wildman–Crippen MR) is 97.0 cm³/mol. The van der Waals surface area contributed by atoms with E-state index in [2.05, 4.69) is 26.0 Å². The average molecular weight is 352 g/mol. The fourth-order valence-corrected chi connectivity index (χ4v) is 8.05. The second-order valence-electron chi connectivity index (χ2n) is 10.3. The molecule has 4 fully saturated rings. The van der Waals surface area contributed by atoms with E-state index in [-0.39, 0.29) is 22.4 Å². The molecule has 0 aromatic rings. The number of fused-ring (bicyclic) bond motifs is 9. The summed E-state index contributed by atoms with van der Waals surface area (Å²) >= 11 is 0. The van der Waals surface area contributed by atoms with Gasteiger partial charge in [-0.15, -0.1) is 0 Å². The molecule has 1 aliphatic heterocycles. The summed E-state index contributed by atoms with van der Waals surface area (Å²) in [6, 6.07) is 0. The first kappa shape index (κ1) is 15.7. The van der Waals surface area contributed by atoms with E-state index in [1.807, 2.05) is 6.08 Å². The number of hydrogen-bond acceptors (Lipinski definition) is 3. The van der Waals surface area contributed by atoms with Crippen molar-refractivity contribution in [3.63, 3.8) is 0 Å². The molecule has 138 valence electrons. The normalized spacial score (nSPS) is 56.4. The van der Waals surface area contributed by atoms with Crippen LogP contribution in [0, 0.1) is 40.4 Å². The number of ketones is 1. The number of allylic oxidation sites excluding steroid dienone is 3. The van der Waals surface area contributed by atoms with Gasteiger partial charge in [-0.2, -0.15) is 0 Å². The smallest absolute Gasteiger partial charge is 0.306 e. The van der Waals surface area contributed by atoms with Gasteiger partial charge in [-0.05, 0) is 73.2 Å². The summed E-state index contributed by atoms with van der Waals surface area (Å²) in [5, 5.41) is 0. The quantitative estimate of drug-likeness (QED) is 0.484. The maximum atomic E-state index is 12.1. The van der Waals surface area contributed by atoms with Gasteiger partial charge in [0, 0.05) is 18.3 Å². The van der Waals surface area contributed by atoms with E-state index in [0.717, 1.165) is 25.2 Å². The Morgan fingerprint density at radius 1 is 1.12 bits per heavy atom. The van der Waals surface area contributed by atoms with Gasteiger partial charge < -0.3 is 4.74 Å². The molecule has 1 saturated heterocycles. The van der Waals surface area contributed by atoms with Gasteiger partial charge in [0.15, 0.2) is 5.78 Å². The molecule has 0 bridgehead atoms. The van der Waals surface area contributed by atoms with Crippen LogP contribution < -0.4 is 0 Å². The van der Waals surface area contributed by atoms with Crippen LogP contribution in [-0.4, -0.2) is 17.4 Å². The van der Waals surface area contributed by atoms with Crippen molar-refractivity contribution in [2.24, 2.45) is 40.4 Å². The summed E-state index contributed by atoms with van der Waals surface area (Å²) < 4.78 is 6.01. The number of carbonyl (C=O) groups is 2. The Kier molecular flexibility index (Phi) is 2.73. The summed E-state index contributed by atoms with van der Waals surface area (Å²) in [6.07, 6.45) is 13.6. The van der Waals surface area contributed by atoms with Crippen molar-refractivity contribution in [1.29, 1.82) is 0 Å². The molecule has 5 aliphatic carbocycles. The molecule has 0 aromatic heterocycles. The van der Waals surface area contributed by atoms with Crippen molar-refractivity contribution in [2.75, 3.05) is 0 Å². The van der Waals surface area contributed by atoms with Gasteiger partial charge in [0.05, 0.1) is 0 Å². The number of ether oxygens (including phenoxy) is 1. The Morgan fingerprint density at radius 3 is 2.73 bits per heavy atom. The van der Waals surface area contributed by atoms with E-state index >= 15 is 0 Å². The monoisotopic (exact) mass is 352 g/mol. The third kappa shape index (κ3) is 1.63. The van der Waals surface area contributed by atoms with Crippen molar-refractivity contribution in [2.45, 2.75) is 64.4 Å². The fraction of sp³-hybridized carbons (Fsp3) is 0.739. The first-order valence-corrected chi connectivity index (χ1v) is 10.5. The van der Waals surface area contributed by atoms with E-state index in [1.165, 1.54) is 18.4 Å². The third-order valence-corrected chi connectivity index (χ3v) is 9.52. The minimum Gasteiger partial charge on any atom is -0.458 e. The van der Waals surface area contributed by atoms with E-state index < -0.39 is 0 Å². The Hall–Kier alpha value is -1.38. The SMILES string of the molecule is CC12CCC(=O)C=C1[C@H]1C[C@H]1C1C2C=CC2(C)C1CC[C@@]21CCC(=O)O1. The Morgan fingerprint density at radius 2 is 1.96 bits per heavy atom. The van der Waals surface area contributed by atoms with Crippen LogP contribution in [0.5, 0.6) is 0 Å². The molecule has 0 radical (unpaired) electrons. The Bertz CT molecular complexity index is 793. The number of esters is 1. The van der Waals surface area contributed by atoms with Crippen LogP contribution in [0.15, 0.2) is 23.8 Å². The Balaban J connectivity index is 1.46. The van der Waals surface area contributed by atoms with E-state index in [0.29, 0.717) is 42.3 Å². The lowest BCUT2D eigenvalue weighted by Crippen LogP contribution is -2.53. The number of rotatable bonds is 0. The second-order valence-corrected chi connectivity index (χ2v) is 10.3. The fourth-order valence-electron chi connectivity index (χ4n) is 8.05. The van der Waals surface area contributed by atoms with Crippen LogP contribution in [0.3, 0.4) is 0 Å². The molecular formula is C23H28O3. The first-order valence-electron chi connectivity index (χ1n) is 10.5. The molecule has 3 heteroatoms. The molecule has 0 amide bonds. The van der Waals surface area contributed by atoms with Crippen molar-refractivity contribution < 1.29 is 14.3 Å². The van der Waals surface area contributed by atoms with Crippen LogP contribution in [0.4, 0.5) is 0 Å². The molecule has 3 nitrogen and oxygen atoms in total. The molecular weight excluding hydrogens is 324 g/mol. The molecule has 6 rings (SSSR count). The molecule has 3 saturated carbocycles. The molecule has 0 aromatic carbocycles. The van der Waals surface area contributed by atoms with Gasteiger partial charge in [-0.3, -0.25) is 9.59 Å². The van der Waals surface area contributed by atoms with E-state index in [9.17, 15) is 9.59 Å². The van der Waals surface area contributed by atoms with Crippen LogP contribution >= 0.6 is 0 Å². The zero-order valence-corrected chi connectivity index (χ0v) is 15.8. The molecule has 26 heavy (non-hydrogen) atoms. The minimum atomic E-state index is -0.250. The lowest BCUT2D eigenvalue weighted by Gasteiger charge is -2.56. The molecule has 1 heterocycles. The van der Waals surface area contributed by atoms with Crippen LogP contribution in [-0.2, 0) is 14.3 Å². The van der Waals surface area contributed by atoms with Gasteiger partial charge >= 0.3 is 5.97 Å². The van der Waals surface area contributed by atoms with E-state index in [4.69, 9.17) is 4.74 Å². The van der Waals surface area contributed by atoms with Crippen molar-refractivity contribution in [3.05, 3.63) is 23.8 Å². The Labute approximate surface area is 155 Å². The van der Waals surface area contributed by atoms with Gasteiger partial charge in [0.1, 0.15) is 5.60 Å². The van der Waals surface area contributed by atoms with Gasteiger partial charge in [0.25, 0.3) is 0 Å². The third-order valence-electron chi connectivity index (χ3n) is 9.52. The zero-order valence-electron chi connectivity index (χ0n) is 15.8. The summed E-state index contributed by atoms with van der Waals surface area (Å²) in [7, 11) is 0. The summed E-state index contributed by atoms with van der Waals surface area (Å²) in [6.45, 7) is 4.79. The summed E-state index contributed by atoms with van der Waals surface area (Å²) in [4.78, 5) is 24.0. The van der Waals surface area contributed by atoms with Crippen molar-refractivity contribution in [1.82, 2.24) is 0 Å². The van der Waals surface area contributed by atoms with Crippen LogP contribution in [0.1, 0.15) is 58.8 Å². The summed E-state index contributed by atoms with van der Waals surface area (Å²) in [5.41, 5.74) is 1.37. The highest BCUT2D eigenvalue weighted by Gasteiger charge is 2.70. The largest absolute Gasteiger partial charge is 0.458 e. The molecule has 5 unspecified atom stereocenters. The number of carbonyl (C=O) groups excluding carboxylic acids is 2. The highest BCUT2D eigenvalue weighted by Crippen LogP contribution is 2.74. The number of hydrogen-bond donors (Lipinski definition) is 0. The van der Waals surface area contributed by atoms with Crippen LogP contribution in [0.2, 0.25) is 0 Å². The topological polar surface area (TPSA) is 43.4 Å². The summed E-state index contributed by atoms with van der Waals surface area (Å²) in [5.74, 6) is 3.59. The minimum absolute atomic E-state index is 0.00156. The van der Waals surface area contributed by atoms with Crippen molar-refractivity contribution in [3.8, 4) is 0 Å². The highest BCUT2D eigenvalue weighted by molar-refractivity contribution is 5.92. The molecule has 6 aliphatic rings. The van der Waals surface area contributed by atoms with Gasteiger partial charge in [-0.25, -0.2) is 0 Å². The zero-order chi connectivity index (χ0) is 17.9. The standard InChI is InChI=1S/C23H28O3/c1-21-7-3-13(24)11-18(21)14-12-15(14)20-16(21)4-8-22(2)17(20)5-9-23(22)10-6-19(25)26-23/h4,8,11,14-17,20H,3,5-7,9-10,12H2,1-2H3/t14-,15+,16?,17?,20?,21?,22?,23+/m0/s1. The van der Waals surface area contributed by atoms with Crippen LogP contribution in [0.25, 0.3) is 0 Å². The lowest BCUT2D eigenvalue weighted by molar-refractivity contribution is -0.157.